The summed E-state index contributed by atoms with van der Waals surface area (Å²) in [7, 11) is 0. The van der Waals surface area contributed by atoms with Gasteiger partial charge in [-0.15, -0.1) is 11.8 Å². The lowest BCUT2D eigenvalue weighted by atomic mass is 10.0. The van der Waals surface area contributed by atoms with Crippen LogP contribution >= 0.6 is 35.3 Å². The number of rotatable bonds is 18. The Kier molecular flexibility index (Phi) is 16.3. The smallest absolute Gasteiger partial charge is 0.0521 e. The van der Waals surface area contributed by atoms with Crippen LogP contribution in [0.15, 0.2) is 0 Å². The van der Waals surface area contributed by atoms with Gasteiger partial charge in [-0.3, -0.25) is 0 Å². The summed E-state index contributed by atoms with van der Waals surface area (Å²) in [4.78, 5) is 0. The summed E-state index contributed by atoms with van der Waals surface area (Å²) in [6, 6.07) is 0. The Hall–Kier alpha value is 0.810. The highest BCUT2D eigenvalue weighted by atomic mass is 32.2. The first-order valence-corrected chi connectivity index (χ1v) is 11.7. The van der Waals surface area contributed by atoms with E-state index in [1.165, 1.54) is 0 Å². The average molecular weight is 419 g/mol. The van der Waals surface area contributed by atoms with Gasteiger partial charge in [-0.2, -0.15) is 23.5 Å². The largest absolute Gasteiger partial charge is 0.396 e. The SMILES string of the molecule is OCCSCC(CCO)(CCO)SC(CCO)(CCO)CSCCO. The third kappa shape index (κ3) is 10.7. The zero-order valence-corrected chi connectivity index (χ0v) is 17.3. The van der Waals surface area contributed by atoms with Crippen molar-refractivity contribution in [1.29, 1.82) is 0 Å². The minimum atomic E-state index is -0.395. The van der Waals surface area contributed by atoms with Crippen molar-refractivity contribution >= 4 is 35.3 Å². The molecule has 0 aromatic rings. The summed E-state index contributed by atoms with van der Waals surface area (Å²) >= 11 is 4.80. The third-order valence-electron chi connectivity index (χ3n) is 3.90. The second kappa shape index (κ2) is 15.8. The van der Waals surface area contributed by atoms with E-state index in [1.807, 2.05) is 0 Å². The van der Waals surface area contributed by atoms with Gasteiger partial charge < -0.3 is 30.6 Å². The second-order valence-corrected chi connectivity index (χ2v) is 10.1. The molecule has 0 rings (SSSR count). The van der Waals surface area contributed by atoms with E-state index in [1.54, 1.807) is 35.3 Å². The van der Waals surface area contributed by atoms with Gasteiger partial charge in [0.15, 0.2) is 0 Å². The fourth-order valence-corrected chi connectivity index (χ4v) is 7.25. The molecule has 0 atom stereocenters. The maximum absolute atomic E-state index is 9.57. The van der Waals surface area contributed by atoms with Gasteiger partial charge in [0.25, 0.3) is 0 Å². The van der Waals surface area contributed by atoms with Gasteiger partial charge in [0.1, 0.15) is 0 Å². The maximum atomic E-state index is 9.57. The topological polar surface area (TPSA) is 121 Å². The number of thioether (sulfide) groups is 3. The first kappa shape index (κ1) is 25.8. The summed E-state index contributed by atoms with van der Waals surface area (Å²) in [5.41, 5.74) is 0. The first-order chi connectivity index (χ1) is 12.1. The molecule has 0 aliphatic carbocycles. The fraction of sp³-hybridized carbons (Fsp3) is 1.00. The minimum Gasteiger partial charge on any atom is -0.396 e. The molecule has 6 N–H and O–H groups in total. The van der Waals surface area contributed by atoms with Crippen LogP contribution in [-0.4, -0.2) is 103 Å². The molecular formula is C16H34O6S3. The molecule has 25 heavy (non-hydrogen) atoms. The van der Waals surface area contributed by atoms with E-state index in [0.29, 0.717) is 48.7 Å². The van der Waals surface area contributed by atoms with Crippen molar-refractivity contribution in [3.63, 3.8) is 0 Å². The minimum absolute atomic E-state index is 0.00913. The molecule has 0 aliphatic heterocycles. The molecule has 0 fully saturated rings. The van der Waals surface area contributed by atoms with Crippen molar-refractivity contribution < 1.29 is 30.6 Å². The average Bonchev–Trinajstić information content (AvgIpc) is 2.56. The maximum Gasteiger partial charge on any atom is 0.0521 e. The Bertz CT molecular complexity index is 270. The van der Waals surface area contributed by atoms with E-state index < -0.39 is 9.49 Å². The summed E-state index contributed by atoms with van der Waals surface area (Å²) in [5.74, 6) is 2.52. The Balaban J connectivity index is 5.40. The summed E-state index contributed by atoms with van der Waals surface area (Å²) in [6.45, 7) is 0.119. The molecule has 0 saturated heterocycles. The molecular weight excluding hydrogens is 384 g/mol. The predicted octanol–water partition coefficient (Wildman–Crippen LogP) is 0.178. The molecule has 0 bridgehead atoms. The van der Waals surface area contributed by atoms with Gasteiger partial charge >= 0.3 is 0 Å². The number of hydrogen-bond donors (Lipinski definition) is 6. The Morgan fingerprint density at radius 3 is 1.04 bits per heavy atom. The third-order valence-corrected chi connectivity index (χ3v) is 8.70. The summed E-state index contributed by atoms with van der Waals surface area (Å²) in [6.07, 6.45) is 2.00. The summed E-state index contributed by atoms with van der Waals surface area (Å²) in [5, 5.41) is 56.4. The van der Waals surface area contributed by atoms with Gasteiger partial charge in [-0.1, -0.05) is 0 Å². The lowest BCUT2D eigenvalue weighted by Gasteiger charge is -2.43. The van der Waals surface area contributed by atoms with E-state index in [2.05, 4.69) is 0 Å². The van der Waals surface area contributed by atoms with Crippen molar-refractivity contribution in [3.05, 3.63) is 0 Å². The highest BCUT2D eigenvalue weighted by Crippen LogP contribution is 2.48. The monoisotopic (exact) mass is 418 g/mol. The Morgan fingerprint density at radius 2 is 0.800 bits per heavy atom. The van der Waals surface area contributed by atoms with Crippen molar-refractivity contribution in [2.24, 2.45) is 0 Å². The summed E-state index contributed by atoms with van der Waals surface area (Å²) < 4.78 is -0.791. The van der Waals surface area contributed by atoms with E-state index in [-0.39, 0.29) is 39.6 Å². The molecule has 152 valence electrons. The van der Waals surface area contributed by atoms with Crippen LogP contribution in [0.2, 0.25) is 0 Å². The van der Waals surface area contributed by atoms with Crippen molar-refractivity contribution in [2.45, 2.75) is 35.2 Å². The van der Waals surface area contributed by atoms with E-state index in [0.717, 1.165) is 0 Å². The molecule has 6 nitrogen and oxygen atoms in total. The van der Waals surface area contributed by atoms with Gasteiger partial charge in [-0.05, 0) is 25.7 Å². The van der Waals surface area contributed by atoms with Crippen LogP contribution in [0.4, 0.5) is 0 Å². The van der Waals surface area contributed by atoms with Crippen molar-refractivity contribution in [1.82, 2.24) is 0 Å². The van der Waals surface area contributed by atoms with Crippen molar-refractivity contribution in [2.75, 3.05) is 62.7 Å². The Labute approximate surface area is 163 Å². The van der Waals surface area contributed by atoms with E-state index in [9.17, 15) is 20.4 Å². The molecule has 0 unspecified atom stereocenters. The molecule has 0 saturated carbocycles. The lowest BCUT2D eigenvalue weighted by molar-refractivity contribution is 0.228. The Morgan fingerprint density at radius 1 is 0.480 bits per heavy atom. The number of hydrogen-bond acceptors (Lipinski definition) is 9. The van der Waals surface area contributed by atoms with Crippen LogP contribution in [0.25, 0.3) is 0 Å². The van der Waals surface area contributed by atoms with Crippen LogP contribution in [0, 0.1) is 0 Å². The molecule has 0 aliphatic rings. The van der Waals surface area contributed by atoms with Gasteiger partial charge in [-0.25, -0.2) is 0 Å². The first-order valence-electron chi connectivity index (χ1n) is 8.58. The molecule has 0 radical (unpaired) electrons. The molecule has 0 aromatic heterocycles. The highest BCUT2D eigenvalue weighted by Gasteiger charge is 2.41. The van der Waals surface area contributed by atoms with Gasteiger partial charge in [0, 0.05) is 58.9 Å². The standard InChI is InChI=1S/C16H34O6S3/c17-5-1-15(2-6-18,13-23-11-9-21)25-16(3-7-19,4-8-20)14-24-12-10-22/h17-22H,1-14H2. The van der Waals surface area contributed by atoms with Crippen LogP contribution < -0.4 is 0 Å². The normalized spacial score (nSPS) is 12.7. The van der Waals surface area contributed by atoms with Crippen LogP contribution in [0.1, 0.15) is 25.7 Å². The molecule has 0 spiro atoms. The quantitative estimate of drug-likeness (QED) is 0.173. The van der Waals surface area contributed by atoms with E-state index in [4.69, 9.17) is 10.2 Å². The predicted molar refractivity (Wildman–Crippen MR) is 109 cm³/mol. The molecule has 0 amide bonds. The zero-order chi connectivity index (χ0) is 19.0. The van der Waals surface area contributed by atoms with Crippen LogP contribution in [0.3, 0.4) is 0 Å². The molecule has 0 heterocycles. The van der Waals surface area contributed by atoms with Crippen molar-refractivity contribution in [3.8, 4) is 0 Å². The highest BCUT2D eigenvalue weighted by molar-refractivity contribution is 8.06. The zero-order valence-electron chi connectivity index (χ0n) is 14.8. The van der Waals surface area contributed by atoms with Crippen LogP contribution in [-0.2, 0) is 0 Å². The lowest BCUT2D eigenvalue weighted by Crippen LogP contribution is -2.42. The second-order valence-electron chi connectivity index (χ2n) is 5.91. The van der Waals surface area contributed by atoms with Crippen LogP contribution in [0.5, 0.6) is 0 Å². The fourth-order valence-electron chi connectivity index (χ4n) is 2.72. The number of aliphatic hydroxyl groups is 6. The van der Waals surface area contributed by atoms with E-state index >= 15 is 0 Å². The van der Waals surface area contributed by atoms with Gasteiger partial charge in [0.2, 0.25) is 0 Å². The molecule has 0 aromatic carbocycles. The molecule has 9 heteroatoms. The number of aliphatic hydroxyl groups excluding tert-OH is 6. The van der Waals surface area contributed by atoms with Gasteiger partial charge in [0.05, 0.1) is 13.2 Å².